The minimum absolute atomic E-state index is 0.0538. The molecule has 14 heteroatoms. The standard InChI is InChI=1S/C22H27ClN6O5S2/c23-18-4-3-17-16(25-18)7-20(35-17)36(33,34)26-15-2-1-5-27(21(15)31)12-19(30)28-8-13-6-14(9-28)11-29(10-13)22(24)32/h3-4,7,13-15,26H,1-2,5-6,8-12H2,(H2,24,32). The zero-order valence-electron chi connectivity index (χ0n) is 19.4. The summed E-state index contributed by atoms with van der Waals surface area (Å²) >= 11 is 6.96. The Balaban J connectivity index is 1.22. The van der Waals surface area contributed by atoms with Crippen molar-refractivity contribution < 1.29 is 22.8 Å². The molecule has 3 aliphatic rings. The van der Waals surface area contributed by atoms with Gasteiger partial charge in [-0.15, -0.1) is 11.3 Å². The summed E-state index contributed by atoms with van der Waals surface area (Å²) in [5, 5.41) is 0.266. The van der Waals surface area contributed by atoms with Gasteiger partial charge in [-0.3, -0.25) is 9.59 Å². The highest BCUT2D eigenvalue weighted by Gasteiger charge is 2.39. The molecule has 194 valence electrons. The molecular weight excluding hydrogens is 528 g/mol. The molecule has 0 aliphatic carbocycles. The number of nitrogens with zero attached hydrogens (tertiary/aromatic N) is 4. The summed E-state index contributed by atoms with van der Waals surface area (Å²) in [7, 11) is -3.96. The van der Waals surface area contributed by atoms with Gasteiger partial charge in [-0.2, -0.15) is 4.72 Å². The minimum atomic E-state index is -3.96. The molecule has 3 aliphatic heterocycles. The molecule has 5 rings (SSSR count). The third-order valence-electron chi connectivity index (χ3n) is 6.98. The van der Waals surface area contributed by atoms with Gasteiger partial charge in [0.05, 0.1) is 16.8 Å². The minimum Gasteiger partial charge on any atom is -0.351 e. The average Bonchev–Trinajstić information content (AvgIpc) is 3.25. The number of piperidine rings is 3. The Labute approximate surface area is 217 Å². The predicted molar refractivity (Wildman–Crippen MR) is 134 cm³/mol. The summed E-state index contributed by atoms with van der Waals surface area (Å²) in [5.41, 5.74) is 5.90. The molecule has 0 saturated carbocycles. The van der Waals surface area contributed by atoms with E-state index in [0.29, 0.717) is 55.8 Å². The maximum absolute atomic E-state index is 13.1. The maximum Gasteiger partial charge on any atom is 0.314 e. The van der Waals surface area contributed by atoms with Gasteiger partial charge in [-0.1, -0.05) is 11.6 Å². The first kappa shape index (κ1) is 25.2. The largest absolute Gasteiger partial charge is 0.351 e. The van der Waals surface area contributed by atoms with E-state index in [-0.39, 0.29) is 33.7 Å². The van der Waals surface area contributed by atoms with Crippen LogP contribution in [0, 0.1) is 11.8 Å². The number of aromatic nitrogens is 1. The van der Waals surface area contributed by atoms with Crippen molar-refractivity contribution in [2.24, 2.45) is 17.6 Å². The number of carbonyl (C=O) groups excluding carboxylic acids is 3. The van der Waals surface area contributed by atoms with Crippen LogP contribution in [0.1, 0.15) is 19.3 Å². The van der Waals surface area contributed by atoms with Gasteiger partial charge in [-0.05, 0) is 49.3 Å². The van der Waals surface area contributed by atoms with Gasteiger partial charge in [0.2, 0.25) is 11.8 Å². The number of primary amides is 1. The fourth-order valence-electron chi connectivity index (χ4n) is 5.39. The normalized spacial score (nSPS) is 24.9. The second kappa shape index (κ2) is 9.77. The van der Waals surface area contributed by atoms with Crippen LogP contribution >= 0.6 is 22.9 Å². The van der Waals surface area contributed by atoms with E-state index in [0.717, 1.165) is 17.8 Å². The van der Waals surface area contributed by atoms with Gasteiger partial charge in [-0.25, -0.2) is 18.2 Å². The summed E-state index contributed by atoms with van der Waals surface area (Å²) < 4.78 is 29.3. The zero-order valence-corrected chi connectivity index (χ0v) is 21.8. The van der Waals surface area contributed by atoms with Crippen molar-refractivity contribution >= 4 is 61.0 Å². The van der Waals surface area contributed by atoms with E-state index in [1.54, 1.807) is 21.9 Å². The predicted octanol–water partition coefficient (Wildman–Crippen LogP) is 1.08. The van der Waals surface area contributed by atoms with E-state index in [2.05, 4.69) is 9.71 Å². The molecule has 3 N–H and O–H groups in total. The van der Waals surface area contributed by atoms with Crippen molar-refractivity contribution in [1.29, 1.82) is 0 Å². The third-order valence-corrected chi connectivity index (χ3v) is 10.2. The fraction of sp³-hybridized carbons (Fsp3) is 0.545. The van der Waals surface area contributed by atoms with E-state index in [4.69, 9.17) is 17.3 Å². The number of likely N-dealkylation sites (tertiary alicyclic amines) is 3. The number of nitrogens with one attached hydrogen (secondary N) is 1. The van der Waals surface area contributed by atoms with Crippen LogP contribution in [0.15, 0.2) is 22.4 Å². The van der Waals surface area contributed by atoms with Crippen molar-refractivity contribution in [2.75, 3.05) is 39.3 Å². The van der Waals surface area contributed by atoms with E-state index in [1.807, 2.05) is 0 Å². The molecule has 0 radical (unpaired) electrons. The number of amides is 4. The average molecular weight is 555 g/mol. The van der Waals surface area contributed by atoms with Crippen LogP contribution < -0.4 is 10.5 Å². The van der Waals surface area contributed by atoms with Crippen molar-refractivity contribution in [1.82, 2.24) is 24.4 Å². The fourth-order valence-corrected chi connectivity index (χ4v) is 8.10. The molecule has 2 aromatic heterocycles. The molecular formula is C22H27ClN6O5S2. The number of urea groups is 1. The van der Waals surface area contributed by atoms with Crippen LogP contribution in [-0.4, -0.2) is 91.3 Å². The van der Waals surface area contributed by atoms with E-state index in [1.165, 1.54) is 11.0 Å². The van der Waals surface area contributed by atoms with Crippen molar-refractivity contribution in [3.8, 4) is 0 Å². The number of fused-ring (bicyclic) bond motifs is 3. The second-order valence-electron chi connectivity index (χ2n) is 9.67. The smallest absolute Gasteiger partial charge is 0.314 e. The zero-order chi connectivity index (χ0) is 25.6. The lowest BCUT2D eigenvalue weighted by molar-refractivity contribution is -0.145. The van der Waals surface area contributed by atoms with Crippen LogP contribution in [0.3, 0.4) is 0 Å². The van der Waals surface area contributed by atoms with Crippen LogP contribution in [0.5, 0.6) is 0 Å². The number of pyridine rings is 1. The Morgan fingerprint density at radius 2 is 1.86 bits per heavy atom. The Morgan fingerprint density at radius 3 is 2.56 bits per heavy atom. The monoisotopic (exact) mass is 554 g/mol. The summed E-state index contributed by atoms with van der Waals surface area (Å²) in [6.45, 7) is 2.39. The van der Waals surface area contributed by atoms with Gasteiger partial charge in [0.1, 0.15) is 15.4 Å². The van der Waals surface area contributed by atoms with Crippen molar-refractivity contribution in [3.05, 3.63) is 23.4 Å². The van der Waals surface area contributed by atoms with E-state index in [9.17, 15) is 22.8 Å². The molecule has 3 atom stereocenters. The molecule has 3 saturated heterocycles. The topological polar surface area (TPSA) is 146 Å². The summed E-state index contributed by atoms with van der Waals surface area (Å²) in [6.07, 6.45) is 1.88. The van der Waals surface area contributed by atoms with Gasteiger partial charge < -0.3 is 20.4 Å². The number of rotatable bonds is 5. The lowest BCUT2D eigenvalue weighted by Gasteiger charge is -2.45. The van der Waals surface area contributed by atoms with Crippen LogP contribution in [-0.2, 0) is 19.6 Å². The molecule has 0 aromatic carbocycles. The summed E-state index contributed by atoms with van der Waals surface area (Å²) in [6, 6.07) is 3.35. The van der Waals surface area contributed by atoms with E-state index < -0.39 is 28.0 Å². The lowest BCUT2D eigenvalue weighted by atomic mass is 9.84. The first-order valence-electron chi connectivity index (χ1n) is 11.8. The third kappa shape index (κ3) is 5.15. The maximum atomic E-state index is 13.1. The Morgan fingerprint density at radius 1 is 1.17 bits per heavy atom. The number of hydrogen-bond donors (Lipinski definition) is 2. The highest BCUT2D eigenvalue weighted by atomic mass is 35.5. The molecule has 0 spiro atoms. The van der Waals surface area contributed by atoms with Gasteiger partial charge in [0, 0.05) is 32.7 Å². The first-order chi connectivity index (χ1) is 17.1. The number of carbonyl (C=O) groups is 3. The number of hydrogen-bond acceptors (Lipinski definition) is 7. The summed E-state index contributed by atoms with van der Waals surface area (Å²) in [5.74, 6) is -0.244. The van der Waals surface area contributed by atoms with Crippen LogP contribution in [0.2, 0.25) is 5.15 Å². The molecule has 3 unspecified atom stereocenters. The molecule has 4 amide bonds. The number of sulfonamides is 1. The van der Waals surface area contributed by atoms with E-state index >= 15 is 0 Å². The SMILES string of the molecule is NC(=O)N1CC2CC(C1)CN(C(=O)CN1CCCC(NS(=O)(=O)c3cc4nc(Cl)ccc4s3)C1=O)C2. The molecule has 2 aromatic rings. The quantitative estimate of drug-likeness (QED) is 0.529. The van der Waals surface area contributed by atoms with Crippen molar-refractivity contribution in [2.45, 2.75) is 29.5 Å². The number of thiophene rings is 1. The second-order valence-corrected chi connectivity index (χ2v) is 13.1. The Kier molecular flexibility index (Phi) is 6.83. The molecule has 5 heterocycles. The molecule has 11 nitrogen and oxygen atoms in total. The highest BCUT2D eigenvalue weighted by Crippen LogP contribution is 2.30. The lowest BCUT2D eigenvalue weighted by Crippen LogP contribution is -2.58. The molecule has 36 heavy (non-hydrogen) atoms. The Hall–Kier alpha value is -2.48. The number of halogens is 1. The van der Waals surface area contributed by atoms with Gasteiger partial charge >= 0.3 is 6.03 Å². The van der Waals surface area contributed by atoms with Gasteiger partial charge in [0.25, 0.3) is 10.0 Å². The first-order valence-corrected chi connectivity index (χ1v) is 14.5. The molecule has 3 fully saturated rings. The number of nitrogens with two attached hydrogens (primary N) is 1. The Bertz CT molecular complexity index is 1300. The van der Waals surface area contributed by atoms with Crippen LogP contribution in [0.4, 0.5) is 4.79 Å². The van der Waals surface area contributed by atoms with Crippen LogP contribution in [0.25, 0.3) is 10.2 Å². The summed E-state index contributed by atoms with van der Waals surface area (Å²) in [4.78, 5) is 46.7. The van der Waals surface area contributed by atoms with Gasteiger partial charge in [0.15, 0.2) is 0 Å². The highest BCUT2D eigenvalue weighted by molar-refractivity contribution is 7.91. The van der Waals surface area contributed by atoms with Crippen molar-refractivity contribution in [3.63, 3.8) is 0 Å². The molecule has 2 bridgehead atoms.